The van der Waals surface area contributed by atoms with E-state index in [4.69, 9.17) is 16.7 Å². The molecular formula is C21H22ClN5O4S2. The van der Waals surface area contributed by atoms with Crippen LogP contribution in [0.1, 0.15) is 17.7 Å². The van der Waals surface area contributed by atoms with Crippen molar-refractivity contribution in [3.63, 3.8) is 0 Å². The van der Waals surface area contributed by atoms with Gasteiger partial charge in [-0.25, -0.2) is 23.3 Å². The molecule has 1 heterocycles. The van der Waals surface area contributed by atoms with Crippen molar-refractivity contribution in [2.75, 3.05) is 17.2 Å². The lowest BCUT2D eigenvalue weighted by atomic mass is 10.1. The number of thiazole rings is 1. The quantitative estimate of drug-likeness (QED) is 0.351. The topological polar surface area (TPSA) is 143 Å². The number of nitrogens with zero attached hydrogens (tertiary/aromatic N) is 1. The van der Waals surface area contributed by atoms with Crippen molar-refractivity contribution in [2.45, 2.75) is 24.2 Å². The number of sulfonamides is 1. The van der Waals surface area contributed by atoms with Crippen molar-refractivity contribution in [1.29, 1.82) is 0 Å². The summed E-state index contributed by atoms with van der Waals surface area (Å²) in [6, 6.07) is 12.6. The number of anilines is 2. The third kappa shape index (κ3) is 8.13. The molecule has 0 radical (unpaired) electrons. The van der Waals surface area contributed by atoms with Crippen LogP contribution in [0.2, 0.25) is 5.02 Å². The van der Waals surface area contributed by atoms with Gasteiger partial charge in [0.15, 0.2) is 5.13 Å². The van der Waals surface area contributed by atoms with E-state index in [1.165, 1.54) is 23.5 Å². The summed E-state index contributed by atoms with van der Waals surface area (Å²) < 4.78 is 22.5. The van der Waals surface area contributed by atoms with Crippen LogP contribution in [0.15, 0.2) is 58.8 Å². The normalized spacial score (nSPS) is 11.1. The number of urea groups is 1. The number of rotatable bonds is 9. The standard InChI is InChI=1S/C21H22ClN5O4S2/c22-15-2-1-3-16(12-15)25-20(29)27-21-26-17(13-32-21)6-9-19(28)24-11-10-14-4-7-18(8-5-14)33(23,30)31/h1-5,7-8,12-13H,6,9-11H2,(H,24,28)(H2,23,30,31)(H2,25,26,27,29). The van der Waals surface area contributed by atoms with Crippen LogP contribution in [-0.4, -0.2) is 31.9 Å². The Hall–Kier alpha value is -2.99. The molecule has 0 spiro atoms. The second kappa shape index (κ2) is 11.2. The molecule has 3 rings (SSSR count). The van der Waals surface area contributed by atoms with E-state index in [1.54, 1.807) is 41.8 Å². The van der Waals surface area contributed by atoms with E-state index in [9.17, 15) is 18.0 Å². The zero-order valence-corrected chi connectivity index (χ0v) is 19.8. The van der Waals surface area contributed by atoms with Gasteiger partial charge in [-0.05, 0) is 48.7 Å². The first-order valence-electron chi connectivity index (χ1n) is 9.85. The number of aryl methyl sites for hydroxylation is 1. The minimum absolute atomic E-state index is 0.0503. The molecule has 0 bridgehead atoms. The number of benzene rings is 2. The monoisotopic (exact) mass is 507 g/mol. The maximum atomic E-state index is 12.1. The summed E-state index contributed by atoms with van der Waals surface area (Å²) in [5.41, 5.74) is 2.15. The third-order valence-electron chi connectivity index (χ3n) is 4.45. The Morgan fingerprint density at radius 2 is 1.82 bits per heavy atom. The highest BCUT2D eigenvalue weighted by Crippen LogP contribution is 2.18. The number of halogens is 1. The van der Waals surface area contributed by atoms with Gasteiger partial charge >= 0.3 is 6.03 Å². The maximum absolute atomic E-state index is 12.1. The second-order valence-corrected chi connectivity index (χ2v) is 9.88. The van der Waals surface area contributed by atoms with Crippen LogP contribution >= 0.6 is 22.9 Å². The minimum Gasteiger partial charge on any atom is -0.356 e. The van der Waals surface area contributed by atoms with E-state index >= 15 is 0 Å². The summed E-state index contributed by atoms with van der Waals surface area (Å²) in [6.07, 6.45) is 1.24. The Labute approximate surface area is 200 Å². The Morgan fingerprint density at radius 1 is 1.06 bits per heavy atom. The van der Waals surface area contributed by atoms with E-state index in [1.807, 2.05) is 0 Å². The average Bonchev–Trinajstić information content (AvgIpc) is 3.19. The number of primary sulfonamides is 1. The molecular weight excluding hydrogens is 486 g/mol. The third-order valence-corrected chi connectivity index (χ3v) is 6.42. The lowest BCUT2D eigenvalue weighted by Crippen LogP contribution is -2.26. The summed E-state index contributed by atoms with van der Waals surface area (Å²) in [6.45, 7) is 0.418. The zero-order chi connectivity index (χ0) is 23.8. The first kappa shape index (κ1) is 24.6. The van der Waals surface area contributed by atoms with Gasteiger partial charge < -0.3 is 10.6 Å². The molecule has 12 heteroatoms. The largest absolute Gasteiger partial charge is 0.356 e. The first-order chi connectivity index (χ1) is 15.7. The van der Waals surface area contributed by atoms with Gasteiger partial charge in [-0.15, -0.1) is 11.3 Å². The highest BCUT2D eigenvalue weighted by Gasteiger charge is 2.10. The molecule has 0 aliphatic heterocycles. The van der Waals surface area contributed by atoms with Crippen molar-refractivity contribution >= 4 is 55.7 Å². The first-order valence-corrected chi connectivity index (χ1v) is 12.7. The Kier molecular flexibility index (Phi) is 8.39. The molecule has 0 aliphatic rings. The van der Waals surface area contributed by atoms with Crippen LogP contribution in [0.4, 0.5) is 15.6 Å². The van der Waals surface area contributed by atoms with E-state index < -0.39 is 16.1 Å². The molecule has 9 nitrogen and oxygen atoms in total. The molecule has 0 saturated heterocycles. The number of aromatic nitrogens is 1. The van der Waals surface area contributed by atoms with Crippen molar-refractivity contribution < 1.29 is 18.0 Å². The fourth-order valence-corrected chi connectivity index (χ4v) is 4.27. The molecule has 0 aliphatic carbocycles. The Balaban J connectivity index is 1.38. The van der Waals surface area contributed by atoms with Crippen molar-refractivity contribution in [3.05, 3.63) is 70.2 Å². The maximum Gasteiger partial charge on any atom is 0.325 e. The van der Waals surface area contributed by atoms with Crippen LogP contribution in [-0.2, 0) is 27.7 Å². The lowest BCUT2D eigenvalue weighted by Gasteiger charge is -2.06. The molecule has 3 aromatic rings. The van der Waals surface area contributed by atoms with Crippen LogP contribution in [0.25, 0.3) is 0 Å². The van der Waals surface area contributed by atoms with Gasteiger partial charge in [0.1, 0.15) is 0 Å². The summed E-state index contributed by atoms with van der Waals surface area (Å²) >= 11 is 7.17. The molecule has 3 amide bonds. The SMILES string of the molecule is NS(=O)(=O)c1ccc(CCNC(=O)CCc2csc(NC(=O)Nc3cccc(Cl)c3)n2)cc1. The number of amides is 3. The number of hydrogen-bond donors (Lipinski definition) is 4. The minimum atomic E-state index is -3.71. The number of hydrogen-bond acceptors (Lipinski definition) is 6. The molecule has 5 N–H and O–H groups in total. The van der Waals surface area contributed by atoms with E-state index in [0.717, 1.165) is 5.56 Å². The predicted molar refractivity (Wildman–Crippen MR) is 129 cm³/mol. The fraction of sp³-hybridized carbons (Fsp3) is 0.190. The van der Waals surface area contributed by atoms with Gasteiger partial charge in [0, 0.05) is 29.1 Å². The average molecular weight is 508 g/mol. The highest BCUT2D eigenvalue weighted by molar-refractivity contribution is 7.89. The molecule has 0 fully saturated rings. The molecule has 0 atom stereocenters. The number of nitrogens with two attached hydrogens (primary N) is 1. The number of carbonyl (C=O) groups is 2. The fourth-order valence-electron chi connectivity index (χ4n) is 2.83. The number of nitrogens with one attached hydrogen (secondary N) is 3. The van der Waals surface area contributed by atoms with Crippen LogP contribution in [0.5, 0.6) is 0 Å². The Bertz CT molecular complexity index is 1230. The van der Waals surface area contributed by atoms with Crippen LogP contribution in [0.3, 0.4) is 0 Å². The molecule has 0 saturated carbocycles. The smallest absolute Gasteiger partial charge is 0.325 e. The highest BCUT2D eigenvalue weighted by atomic mass is 35.5. The molecule has 0 unspecified atom stereocenters. The number of carbonyl (C=O) groups excluding carboxylic acids is 2. The van der Waals surface area contributed by atoms with Gasteiger partial charge in [0.05, 0.1) is 10.6 Å². The zero-order valence-electron chi connectivity index (χ0n) is 17.4. The van der Waals surface area contributed by atoms with Crippen molar-refractivity contribution in [1.82, 2.24) is 10.3 Å². The molecule has 33 heavy (non-hydrogen) atoms. The molecule has 174 valence electrons. The van der Waals surface area contributed by atoms with Gasteiger partial charge in [0.25, 0.3) is 0 Å². The summed E-state index contributed by atoms with van der Waals surface area (Å²) in [5, 5.41) is 15.9. The Morgan fingerprint density at radius 3 is 2.52 bits per heavy atom. The van der Waals surface area contributed by atoms with Gasteiger partial charge in [0.2, 0.25) is 15.9 Å². The second-order valence-electron chi connectivity index (χ2n) is 7.02. The van der Waals surface area contributed by atoms with E-state index in [-0.39, 0.29) is 17.2 Å². The lowest BCUT2D eigenvalue weighted by molar-refractivity contribution is -0.121. The summed E-state index contributed by atoms with van der Waals surface area (Å²) in [7, 11) is -3.71. The summed E-state index contributed by atoms with van der Waals surface area (Å²) in [4.78, 5) is 28.5. The summed E-state index contributed by atoms with van der Waals surface area (Å²) in [5.74, 6) is -0.127. The van der Waals surface area contributed by atoms with Gasteiger partial charge in [-0.3, -0.25) is 10.1 Å². The molecule has 1 aromatic heterocycles. The van der Waals surface area contributed by atoms with Gasteiger partial charge in [-0.1, -0.05) is 29.8 Å². The van der Waals surface area contributed by atoms with Crippen molar-refractivity contribution in [3.8, 4) is 0 Å². The predicted octanol–water partition coefficient (Wildman–Crippen LogP) is 3.38. The van der Waals surface area contributed by atoms with Gasteiger partial charge in [-0.2, -0.15) is 0 Å². The van der Waals surface area contributed by atoms with Crippen molar-refractivity contribution in [2.24, 2.45) is 5.14 Å². The van der Waals surface area contributed by atoms with Crippen LogP contribution < -0.4 is 21.1 Å². The van der Waals surface area contributed by atoms with E-state index in [0.29, 0.717) is 40.9 Å². The van der Waals surface area contributed by atoms with E-state index in [2.05, 4.69) is 20.9 Å². The molecule has 2 aromatic carbocycles. The van der Waals surface area contributed by atoms with Crippen LogP contribution in [0, 0.1) is 0 Å².